The van der Waals surface area contributed by atoms with Gasteiger partial charge in [0, 0.05) is 12.1 Å². The minimum atomic E-state index is -0.714. The standard InChI is InChI=1S/C15H20N4O4/c1-4-22-13-10(6-5-7-11(13)21-3)8-19(2)9-12-17-15(14(16)20)18-23-12/h5-7H,4,8-9H2,1-3H3,(H2,16,20). The number of amides is 1. The van der Waals surface area contributed by atoms with Crippen LogP contribution in [0.2, 0.25) is 0 Å². The molecular weight excluding hydrogens is 300 g/mol. The van der Waals surface area contributed by atoms with Gasteiger partial charge < -0.3 is 19.7 Å². The van der Waals surface area contributed by atoms with Crippen LogP contribution in [0, 0.1) is 0 Å². The molecule has 0 saturated carbocycles. The number of para-hydroxylation sites is 1. The maximum Gasteiger partial charge on any atom is 0.290 e. The van der Waals surface area contributed by atoms with Crippen LogP contribution in [0.4, 0.5) is 0 Å². The van der Waals surface area contributed by atoms with E-state index in [1.54, 1.807) is 7.11 Å². The van der Waals surface area contributed by atoms with Gasteiger partial charge in [0.05, 0.1) is 20.3 Å². The second-order valence-corrected chi connectivity index (χ2v) is 4.93. The summed E-state index contributed by atoms with van der Waals surface area (Å²) < 4.78 is 16.0. The molecule has 0 fully saturated rings. The van der Waals surface area contributed by atoms with Crippen molar-refractivity contribution in [2.24, 2.45) is 5.73 Å². The number of ether oxygens (including phenoxy) is 2. The van der Waals surface area contributed by atoms with E-state index < -0.39 is 5.91 Å². The Morgan fingerprint density at radius 2 is 2.17 bits per heavy atom. The van der Waals surface area contributed by atoms with Gasteiger partial charge in [0.25, 0.3) is 11.7 Å². The van der Waals surface area contributed by atoms with Crippen LogP contribution in [0.1, 0.15) is 29.0 Å². The fraction of sp³-hybridized carbons (Fsp3) is 0.400. The Morgan fingerprint density at radius 3 is 2.78 bits per heavy atom. The molecule has 0 unspecified atom stereocenters. The van der Waals surface area contributed by atoms with Crippen molar-refractivity contribution in [1.82, 2.24) is 15.0 Å². The number of primary amides is 1. The molecule has 2 aromatic rings. The van der Waals surface area contributed by atoms with E-state index in [1.807, 2.05) is 37.1 Å². The van der Waals surface area contributed by atoms with E-state index >= 15 is 0 Å². The zero-order chi connectivity index (χ0) is 16.8. The third-order valence-electron chi connectivity index (χ3n) is 3.10. The van der Waals surface area contributed by atoms with Crippen LogP contribution in [0.25, 0.3) is 0 Å². The molecule has 0 radical (unpaired) electrons. The topological polar surface area (TPSA) is 104 Å². The lowest BCUT2D eigenvalue weighted by atomic mass is 10.1. The van der Waals surface area contributed by atoms with Crippen LogP contribution in [-0.4, -0.2) is 41.7 Å². The monoisotopic (exact) mass is 320 g/mol. The molecule has 0 aliphatic rings. The summed E-state index contributed by atoms with van der Waals surface area (Å²) in [6, 6.07) is 5.72. The highest BCUT2D eigenvalue weighted by Crippen LogP contribution is 2.31. The van der Waals surface area contributed by atoms with Crippen molar-refractivity contribution in [3.05, 3.63) is 35.5 Å². The quantitative estimate of drug-likeness (QED) is 0.779. The molecule has 2 rings (SSSR count). The van der Waals surface area contributed by atoms with Gasteiger partial charge in [-0.1, -0.05) is 17.3 Å². The van der Waals surface area contributed by atoms with Crippen molar-refractivity contribution in [3.8, 4) is 11.5 Å². The van der Waals surface area contributed by atoms with E-state index in [0.717, 1.165) is 5.56 Å². The maximum atomic E-state index is 11.0. The van der Waals surface area contributed by atoms with Crippen LogP contribution in [0.3, 0.4) is 0 Å². The predicted molar refractivity (Wildman–Crippen MR) is 82.1 cm³/mol. The highest BCUT2D eigenvalue weighted by atomic mass is 16.5. The Balaban J connectivity index is 2.09. The number of hydrogen-bond acceptors (Lipinski definition) is 7. The first-order valence-electron chi connectivity index (χ1n) is 7.14. The van der Waals surface area contributed by atoms with Crippen molar-refractivity contribution < 1.29 is 18.8 Å². The van der Waals surface area contributed by atoms with E-state index in [9.17, 15) is 4.79 Å². The number of carbonyl (C=O) groups is 1. The van der Waals surface area contributed by atoms with Gasteiger partial charge >= 0.3 is 0 Å². The summed E-state index contributed by atoms with van der Waals surface area (Å²) in [5, 5.41) is 3.52. The third kappa shape index (κ3) is 4.19. The molecule has 1 amide bonds. The molecule has 1 heterocycles. The van der Waals surface area contributed by atoms with Crippen molar-refractivity contribution in [3.63, 3.8) is 0 Å². The Bertz CT molecular complexity index is 671. The number of methoxy groups -OCH3 is 1. The van der Waals surface area contributed by atoms with Gasteiger partial charge in [-0.3, -0.25) is 9.69 Å². The average Bonchev–Trinajstić information content (AvgIpc) is 2.97. The van der Waals surface area contributed by atoms with Crippen molar-refractivity contribution in [2.45, 2.75) is 20.0 Å². The van der Waals surface area contributed by atoms with E-state index in [1.165, 1.54) is 0 Å². The minimum Gasteiger partial charge on any atom is -0.493 e. The fourth-order valence-corrected chi connectivity index (χ4v) is 2.15. The molecule has 1 aromatic heterocycles. The van der Waals surface area contributed by atoms with Crippen LogP contribution in [0.5, 0.6) is 11.5 Å². The molecule has 0 spiro atoms. The second-order valence-electron chi connectivity index (χ2n) is 4.93. The number of aromatic nitrogens is 2. The first-order chi connectivity index (χ1) is 11.0. The highest BCUT2D eigenvalue weighted by molar-refractivity contribution is 5.88. The summed E-state index contributed by atoms with van der Waals surface area (Å²) >= 11 is 0. The summed E-state index contributed by atoms with van der Waals surface area (Å²) in [5.41, 5.74) is 6.07. The largest absolute Gasteiger partial charge is 0.493 e. The predicted octanol–water partition coefficient (Wildman–Crippen LogP) is 1.21. The Hall–Kier alpha value is -2.61. The van der Waals surface area contributed by atoms with Crippen LogP contribution in [0.15, 0.2) is 22.7 Å². The fourth-order valence-electron chi connectivity index (χ4n) is 2.15. The van der Waals surface area contributed by atoms with Crippen molar-refractivity contribution >= 4 is 5.91 Å². The number of carbonyl (C=O) groups excluding carboxylic acids is 1. The summed E-state index contributed by atoms with van der Waals surface area (Å²) in [7, 11) is 3.50. The van der Waals surface area contributed by atoms with Gasteiger partial charge in [0.2, 0.25) is 5.89 Å². The van der Waals surface area contributed by atoms with Crippen molar-refractivity contribution in [2.75, 3.05) is 20.8 Å². The van der Waals surface area contributed by atoms with Gasteiger partial charge in [0.1, 0.15) is 0 Å². The molecule has 0 bridgehead atoms. The van der Waals surface area contributed by atoms with Gasteiger partial charge in [-0.05, 0) is 20.0 Å². The molecule has 0 aliphatic carbocycles. The van der Waals surface area contributed by atoms with Crippen LogP contribution in [-0.2, 0) is 13.1 Å². The number of nitrogens with two attached hydrogens (primary N) is 1. The summed E-state index contributed by atoms with van der Waals surface area (Å²) in [6.45, 7) is 3.43. The molecule has 8 heteroatoms. The lowest BCUT2D eigenvalue weighted by Gasteiger charge is -2.18. The summed E-state index contributed by atoms with van der Waals surface area (Å²) in [4.78, 5) is 16.9. The molecule has 0 aliphatic heterocycles. The Kier molecular flexibility index (Phi) is 5.53. The molecule has 2 N–H and O–H groups in total. The lowest BCUT2D eigenvalue weighted by molar-refractivity contribution is 0.0987. The molecule has 0 saturated heterocycles. The second kappa shape index (κ2) is 7.59. The average molecular weight is 320 g/mol. The third-order valence-corrected chi connectivity index (χ3v) is 3.10. The number of hydrogen-bond donors (Lipinski definition) is 1. The molecule has 1 aromatic carbocycles. The van der Waals surface area contributed by atoms with Crippen LogP contribution >= 0.6 is 0 Å². The van der Waals surface area contributed by atoms with Gasteiger partial charge in [0.15, 0.2) is 11.5 Å². The molecule has 0 atom stereocenters. The molecular formula is C15H20N4O4. The first kappa shape index (κ1) is 16.8. The normalized spacial score (nSPS) is 10.8. The molecule has 23 heavy (non-hydrogen) atoms. The number of benzene rings is 1. The highest BCUT2D eigenvalue weighted by Gasteiger charge is 2.15. The minimum absolute atomic E-state index is 0.121. The Morgan fingerprint density at radius 1 is 1.39 bits per heavy atom. The van der Waals surface area contributed by atoms with Crippen LogP contribution < -0.4 is 15.2 Å². The zero-order valence-corrected chi connectivity index (χ0v) is 13.4. The van der Waals surface area contributed by atoms with E-state index in [-0.39, 0.29) is 5.82 Å². The molecule has 8 nitrogen and oxygen atoms in total. The zero-order valence-electron chi connectivity index (χ0n) is 13.4. The number of nitrogens with zero attached hydrogens (tertiary/aromatic N) is 3. The maximum absolute atomic E-state index is 11.0. The van der Waals surface area contributed by atoms with Gasteiger partial charge in [-0.25, -0.2) is 0 Å². The Labute approximate surface area is 134 Å². The first-order valence-corrected chi connectivity index (χ1v) is 7.14. The lowest BCUT2D eigenvalue weighted by Crippen LogP contribution is -2.19. The number of rotatable bonds is 8. The SMILES string of the molecule is CCOc1c(CN(C)Cc2nc(C(N)=O)no2)cccc1OC. The summed E-state index contributed by atoms with van der Waals surface area (Å²) in [5.74, 6) is 0.889. The van der Waals surface area contributed by atoms with E-state index in [4.69, 9.17) is 19.7 Å². The van der Waals surface area contributed by atoms with Gasteiger partial charge in [-0.15, -0.1) is 0 Å². The van der Waals surface area contributed by atoms with E-state index in [0.29, 0.717) is 37.1 Å². The smallest absolute Gasteiger partial charge is 0.290 e. The van der Waals surface area contributed by atoms with E-state index in [2.05, 4.69) is 10.1 Å². The van der Waals surface area contributed by atoms with Gasteiger partial charge in [-0.2, -0.15) is 4.98 Å². The van der Waals surface area contributed by atoms with Crippen molar-refractivity contribution in [1.29, 1.82) is 0 Å². The summed E-state index contributed by atoms with van der Waals surface area (Å²) in [6.07, 6.45) is 0. The molecule has 124 valence electrons.